The van der Waals surface area contributed by atoms with Crippen molar-refractivity contribution >= 4 is 33.0 Å². The van der Waals surface area contributed by atoms with Crippen molar-refractivity contribution < 1.29 is 8.42 Å². The van der Waals surface area contributed by atoms with Gasteiger partial charge in [-0.2, -0.15) is 0 Å². The second-order valence-electron chi connectivity index (χ2n) is 4.79. The fraction of sp³-hybridized carbons (Fsp3) is 0.538. The highest BCUT2D eigenvalue weighted by atomic mass is 35.5. The molecule has 18 heavy (non-hydrogen) atoms. The Bertz CT molecular complexity index is 476. The van der Waals surface area contributed by atoms with Gasteiger partial charge in [0.05, 0.1) is 5.75 Å². The average molecular weight is 309 g/mol. The van der Waals surface area contributed by atoms with E-state index in [0.717, 1.165) is 11.1 Å². The molecule has 0 aliphatic heterocycles. The minimum Gasteiger partial charge on any atom is -0.229 e. The summed E-state index contributed by atoms with van der Waals surface area (Å²) < 4.78 is 22.6. The normalized spacial score (nSPS) is 12.7. The zero-order chi connectivity index (χ0) is 13.8. The van der Waals surface area contributed by atoms with Crippen LogP contribution in [-0.2, 0) is 15.3 Å². The Morgan fingerprint density at radius 2 is 1.61 bits per heavy atom. The van der Waals surface area contributed by atoms with Gasteiger partial charge in [0.2, 0.25) is 0 Å². The third-order valence-electron chi connectivity index (χ3n) is 3.13. The van der Waals surface area contributed by atoms with Crippen LogP contribution < -0.4 is 0 Å². The van der Waals surface area contributed by atoms with E-state index in [1.807, 2.05) is 31.2 Å². The predicted molar refractivity (Wildman–Crippen MR) is 78.6 cm³/mol. The number of benzene rings is 1. The number of halogens is 2. The first kappa shape index (κ1) is 15.8. The second-order valence-corrected chi connectivity index (χ2v) is 7.59. The van der Waals surface area contributed by atoms with Crippen LogP contribution in [0, 0.1) is 6.92 Å². The van der Waals surface area contributed by atoms with Crippen LogP contribution >= 0.6 is 23.2 Å². The van der Waals surface area contributed by atoms with E-state index in [2.05, 4.69) is 0 Å². The van der Waals surface area contributed by atoms with Crippen molar-refractivity contribution in [2.45, 2.75) is 18.8 Å². The first-order chi connectivity index (χ1) is 8.33. The quantitative estimate of drug-likeness (QED) is 0.757. The van der Waals surface area contributed by atoms with E-state index < -0.39 is 15.3 Å². The van der Waals surface area contributed by atoms with Gasteiger partial charge in [-0.15, -0.1) is 23.2 Å². The largest absolute Gasteiger partial charge is 0.229 e. The van der Waals surface area contributed by atoms with E-state index in [4.69, 9.17) is 23.2 Å². The molecule has 0 spiro atoms. The molecule has 0 aliphatic carbocycles. The Hall–Kier alpha value is -0.250. The Morgan fingerprint density at radius 3 is 2.00 bits per heavy atom. The molecule has 1 rings (SSSR count). The molecule has 0 aromatic heterocycles. The van der Waals surface area contributed by atoms with Crippen molar-refractivity contribution in [1.29, 1.82) is 0 Å². The third kappa shape index (κ3) is 4.15. The Morgan fingerprint density at radius 1 is 1.11 bits per heavy atom. The SMILES string of the molecule is Cc1ccc(C(CCl)(CCl)CCS(C)(=O)=O)cc1. The molecule has 0 N–H and O–H groups in total. The molecule has 0 aliphatic rings. The van der Waals surface area contributed by atoms with E-state index in [1.165, 1.54) is 6.26 Å². The zero-order valence-corrected chi connectivity index (χ0v) is 12.9. The zero-order valence-electron chi connectivity index (χ0n) is 10.6. The highest BCUT2D eigenvalue weighted by Gasteiger charge is 2.31. The molecule has 0 saturated heterocycles. The first-order valence-electron chi connectivity index (χ1n) is 5.70. The molecule has 102 valence electrons. The summed E-state index contributed by atoms with van der Waals surface area (Å²) in [5.41, 5.74) is 1.68. The van der Waals surface area contributed by atoms with Gasteiger partial charge in [-0.1, -0.05) is 29.8 Å². The van der Waals surface area contributed by atoms with E-state index >= 15 is 0 Å². The van der Waals surface area contributed by atoms with Crippen LogP contribution in [0.5, 0.6) is 0 Å². The monoisotopic (exact) mass is 308 g/mol. The van der Waals surface area contributed by atoms with Crippen molar-refractivity contribution in [2.75, 3.05) is 23.8 Å². The first-order valence-corrected chi connectivity index (χ1v) is 8.83. The van der Waals surface area contributed by atoms with Crippen molar-refractivity contribution in [2.24, 2.45) is 0 Å². The number of alkyl halides is 2. The van der Waals surface area contributed by atoms with Crippen LogP contribution in [0.3, 0.4) is 0 Å². The molecule has 0 atom stereocenters. The molecule has 0 unspecified atom stereocenters. The summed E-state index contributed by atoms with van der Waals surface area (Å²) in [7, 11) is -3.01. The number of hydrogen-bond donors (Lipinski definition) is 0. The number of sulfone groups is 1. The molecule has 5 heteroatoms. The van der Waals surface area contributed by atoms with Crippen LogP contribution in [0.1, 0.15) is 17.5 Å². The van der Waals surface area contributed by atoms with Crippen molar-refractivity contribution in [3.8, 4) is 0 Å². The summed E-state index contributed by atoms with van der Waals surface area (Å²) in [6.07, 6.45) is 1.68. The van der Waals surface area contributed by atoms with Crippen molar-refractivity contribution in [3.05, 3.63) is 35.4 Å². The van der Waals surface area contributed by atoms with Gasteiger partial charge in [-0.3, -0.25) is 0 Å². The maximum Gasteiger partial charge on any atom is 0.147 e. The molecule has 0 fully saturated rings. The van der Waals surface area contributed by atoms with Gasteiger partial charge in [0.15, 0.2) is 0 Å². The Labute approximate surface area is 119 Å². The van der Waals surface area contributed by atoms with E-state index in [9.17, 15) is 8.42 Å². The summed E-state index contributed by atoms with van der Waals surface area (Å²) in [5.74, 6) is 0.727. The van der Waals surface area contributed by atoms with Gasteiger partial charge >= 0.3 is 0 Å². The molecule has 0 saturated carbocycles. The van der Waals surface area contributed by atoms with Gasteiger partial charge in [0.1, 0.15) is 9.84 Å². The molecular weight excluding hydrogens is 291 g/mol. The standard InChI is InChI=1S/C13H18Cl2O2S/c1-11-3-5-12(6-4-11)13(9-14,10-15)7-8-18(2,16)17/h3-6H,7-10H2,1-2H3. The predicted octanol–water partition coefficient (Wildman–Crippen LogP) is 3.15. The summed E-state index contributed by atoms with van der Waals surface area (Å²) in [6, 6.07) is 7.93. The number of rotatable bonds is 6. The summed E-state index contributed by atoms with van der Waals surface area (Å²) in [6.45, 7) is 2.00. The summed E-state index contributed by atoms with van der Waals surface area (Å²) in [4.78, 5) is 0. The molecule has 1 aromatic carbocycles. The minimum absolute atomic E-state index is 0.0975. The van der Waals surface area contributed by atoms with Crippen LogP contribution in [-0.4, -0.2) is 32.2 Å². The smallest absolute Gasteiger partial charge is 0.147 e. The molecule has 0 amide bonds. The van der Waals surface area contributed by atoms with Gasteiger partial charge < -0.3 is 0 Å². The van der Waals surface area contributed by atoms with Gasteiger partial charge in [-0.25, -0.2) is 8.42 Å². The topological polar surface area (TPSA) is 34.1 Å². The Balaban J connectivity index is 3.02. The fourth-order valence-corrected chi connectivity index (χ4v) is 3.38. The van der Waals surface area contributed by atoms with Crippen LogP contribution in [0.15, 0.2) is 24.3 Å². The van der Waals surface area contributed by atoms with E-state index in [-0.39, 0.29) is 5.75 Å². The van der Waals surface area contributed by atoms with Crippen LogP contribution in [0.2, 0.25) is 0 Å². The molecule has 0 radical (unpaired) electrons. The summed E-state index contributed by atoms with van der Waals surface area (Å²) >= 11 is 12.1. The van der Waals surface area contributed by atoms with Crippen LogP contribution in [0.25, 0.3) is 0 Å². The van der Waals surface area contributed by atoms with Crippen LogP contribution in [0.4, 0.5) is 0 Å². The average Bonchev–Trinajstić information content (AvgIpc) is 2.32. The van der Waals surface area contributed by atoms with E-state index in [0.29, 0.717) is 18.2 Å². The molecule has 2 nitrogen and oxygen atoms in total. The summed E-state index contributed by atoms with van der Waals surface area (Å²) in [5, 5.41) is 0. The third-order valence-corrected chi connectivity index (χ3v) is 5.10. The lowest BCUT2D eigenvalue weighted by Crippen LogP contribution is -2.33. The van der Waals surface area contributed by atoms with Gasteiger partial charge in [0.25, 0.3) is 0 Å². The Kier molecular flexibility index (Phi) is 5.50. The lowest BCUT2D eigenvalue weighted by Gasteiger charge is -2.30. The maximum atomic E-state index is 11.3. The highest BCUT2D eigenvalue weighted by molar-refractivity contribution is 7.90. The lowest BCUT2D eigenvalue weighted by molar-refractivity contribution is 0.512. The number of hydrogen-bond acceptors (Lipinski definition) is 2. The lowest BCUT2D eigenvalue weighted by atomic mass is 9.81. The second kappa shape index (κ2) is 6.27. The van der Waals surface area contributed by atoms with E-state index in [1.54, 1.807) is 0 Å². The minimum atomic E-state index is -3.01. The fourth-order valence-electron chi connectivity index (χ4n) is 1.76. The van der Waals surface area contributed by atoms with Crippen molar-refractivity contribution in [1.82, 2.24) is 0 Å². The van der Waals surface area contributed by atoms with Gasteiger partial charge in [0, 0.05) is 23.4 Å². The molecule has 0 heterocycles. The molecular formula is C13H18Cl2O2S. The number of aryl methyl sites for hydroxylation is 1. The van der Waals surface area contributed by atoms with Gasteiger partial charge in [-0.05, 0) is 18.9 Å². The maximum absolute atomic E-state index is 11.3. The van der Waals surface area contributed by atoms with Crippen molar-refractivity contribution in [3.63, 3.8) is 0 Å². The molecule has 1 aromatic rings. The molecule has 0 bridgehead atoms. The highest BCUT2D eigenvalue weighted by Crippen LogP contribution is 2.32.